The van der Waals surface area contributed by atoms with E-state index in [9.17, 15) is 0 Å². The molecule has 2 aromatic rings. The van der Waals surface area contributed by atoms with E-state index in [1.807, 2.05) is 30.6 Å². The van der Waals surface area contributed by atoms with Gasteiger partial charge in [0.2, 0.25) is 0 Å². The van der Waals surface area contributed by atoms with E-state index in [4.69, 9.17) is 5.11 Å². The van der Waals surface area contributed by atoms with Gasteiger partial charge in [-0.2, -0.15) is 0 Å². The molecule has 2 heterocycles. The minimum Gasteiger partial charge on any atom is -0.396 e. The fourth-order valence-corrected chi connectivity index (χ4v) is 1.79. The summed E-state index contributed by atoms with van der Waals surface area (Å²) in [6.45, 7) is 5.02. The van der Waals surface area contributed by atoms with Crippen LogP contribution in [0.2, 0.25) is 0 Å². The number of fused-ring (bicyclic) bond motifs is 1. The molecule has 0 bridgehead atoms. The van der Waals surface area contributed by atoms with Crippen LogP contribution in [0.3, 0.4) is 0 Å². The Labute approximate surface area is 106 Å². The molecule has 18 heavy (non-hydrogen) atoms. The molecule has 0 spiro atoms. The molecule has 0 saturated carbocycles. The van der Waals surface area contributed by atoms with E-state index in [0.717, 1.165) is 23.8 Å². The molecule has 0 aliphatic heterocycles. The first-order chi connectivity index (χ1) is 8.74. The third kappa shape index (κ3) is 2.70. The molecule has 0 amide bonds. The molecule has 0 aliphatic rings. The second-order valence-electron chi connectivity index (χ2n) is 4.22. The Morgan fingerprint density at radius 1 is 1.50 bits per heavy atom. The summed E-state index contributed by atoms with van der Waals surface area (Å²) in [4.78, 5) is 8.78. The van der Waals surface area contributed by atoms with Gasteiger partial charge in [-0.25, -0.2) is 9.97 Å². The van der Waals surface area contributed by atoms with Gasteiger partial charge in [-0.05, 0) is 20.3 Å². The van der Waals surface area contributed by atoms with Crippen molar-refractivity contribution in [3.8, 4) is 0 Å². The van der Waals surface area contributed by atoms with Gasteiger partial charge in [-0.3, -0.25) is 0 Å². The molecular weight excluding hydrogens is 230 g/mol. The van der Waals surface area contributed by atoms with E-state index >= 15 is 0 Å². The van der Waals surface area contributed by atoms with Crippen molar-refractivity contribution in [2.45, 2.75) is 26.3 Å². The summed E-state index contributed by atoms with van der Waals surface area (Å²) in [5, 5.41) is 15.4. The van der Waals surface area contributed by atoms with Gasteiger partial charge in [-0.15, -0.1) is 0 Å². The number of aliphatic hydroxyl groups excluding tert-OH is 1. The summed E-state index contributed by atoms with van der Waals surface area (Å²) in [5.41, 5.74) is 0.793. The van der Waals surface area contributed by atoms with Gasteiger partial charge in [0.15, 0.2) is 11.5 Å². The van der Waals surface area contributed by atoms with Crippen LogP contribution < -0.4 is 10.6 Å². The summed E-state index contributed by atoms with van der Waals surface area (Å²) in [7, 11) is 0. The van der Waals surface area contributed by atoms with Crippen LogP contribution in [0.4, 0.5) is 11.6 Å². The molecule has 3 N–H and O–H groups in total. The van der Waals surface area contributed by atoms with Gasteiger partial charge >= 0.3 is 0 Å². The van der Waals surface area contributed by atoms with Gasteiger partial charge in [-0.1, -0.05) is 0 Å². The van der Waals surface area contributed by atoms with Crippen molar-refractivity contribution in [3.63, 3.8) is 0 Å². The van der Waals surface area contributed by atoms with Crippen molar-refractivity contribution >= 4 is 17.3 Å². The maximum Gasteiger partial charge on any atom is 0.180 e. The Hall–Kier alpha value is -1.82. The zero-order valence-corrected chi connectivity index (χ0v) is 10.7. The van der Waals surface area contributed by atoms with Crippen molar-refractivity contribution in [1.82, 2.24) is 14.4 Å². The van der Waals surface area contributed by atoms with Gasteiger partial charge in [0.1, 0.15) is 5.82 Å². The van der Waals surface area contributed by atoms with Gasteiger partial charge in [0.05, 0.1) is 6.20 Å². The standard InChI is InChI=1S/C12H19N5O/c1-3-13-10-8-17-6-5-14-12(17)11(16-10)15-9(2)4-7-18/h5-6,8-9,13,18H,3-4,7H2,1-2H3,(H,15,16). The number of rotatable bonds is 6. The molecule has 6 heteroatoms. The number of hydrogen-bond acceptors (Lipinski definition) is 5. The number of imidazole rings is 1. The zero-order chi connectivity index (χ0) is 13.0. The van der Waals surface area contributed by atoms with E-state index in [1.165, 1.54) is 0 Å². The predicted octanol–water partition coefficient (Wildman–Crippen LogP) is 1.34. The Kier molecular flexibility index (Phi) is 3.99. The van der Waals surface area contributed by atoms with Crippen LogP contribution in [0.25, 0.3) is 5.65 Å². The smallest absolute Gasteiger partial charge is 0.180 e. The van der Waals surface area contributed by atoms with Crippen LogP contribution in [-0.4, -0.2) is 38.7 Å². The molecule has 2 aromatic heterocycles. The Balaban J connectivity index is 2.31. The van der Waals surface area contributed by atoms with E-state index in [0.29, 0.717) is 6.42 Å². The molecule has 0 aromatic carbocycles. The largest absolute Gasteiger partial charge is 0.396 e. The van der Waals surface area contributed by atoms with E-state index in [1.54, 1.807) is 6.20 Å². The van der Waals surface area contributed by atoms with Gasteiger partial charge in [0, 0.05) is 31.6 Å². The quantitative estimate of drug-likeness (QED) is 0.720. The van der Waals surface area contributed by atoms with Gasteiger partial charge < -0.3 is 20.1 Å². The Morgan fingerprint density at radius 2 is 2.33 bits per heavy atom. The lowest BCUT2D eigenvalue weighted by atomic mass is 10.2. The first kappa shape index (κ1) is 12.6. The molecule has 6 nitrogen and oxygen atoms in total. The minimum atomic E-state index is 0.153. The highest BCUT2D eigenvalue weighted by molar-refractivity contribution is 5.65. The highest BCUT2D eigenvalue weighted by atomic mass is 16.3. The van der Waals surface area contributed by atoms with Crippen LogP contribution in [0.5, 0.6) is 0 Å². The number of nitrogens with one attached hydrogen (secondary N) is 2. The lowest BCUT2D eigenvalue weighted by Gasteiger charge is -2.15. The molecule has 1 unspecified atom stereocenters. The average Bonchev–Trinajstić information content (AvgIpc) is 2.78. The summed E-state index contributed by atoms with van der Waals surface area (Å²) in [6, 6.07) is 0.153. The van der Waals surface area contributed by atoms with Crippen molar-refractivity contribution in [2.24, 2.45) is 0 Å². The molecule has 1 atom stereocenters. The third-order valence-corrected chi connectivity index (χ3v) is 2.68. The topological polar surface area (TPSA) is 74.5 Å². The number of nitrogens with zero attached hydrogens (tertiary/aromatic N) is 3. The fraction of sp³-hybridized carbons (Fsp3) is 0.500. The fourth-order valence-electron chi connectivity index (χ4n) is 1.79. The summed E-state index contributed by atoms with van der Waals surface area (Å²) in [5.74, 6) is 1.54. The van der Waals surface area contributed by atoms with Crippen LogP contribution >= 0.6 is 0 Å². The van der Waals surface area contributed by atoms with Crippen molar-refractivity contribution < 1.29 is 5.11 Å². The molecule has 2 rings (SSSR count). The lowest BCUT2D eigenvalue weighted by molar-refractivity contribution is 0.282. The van der Waals surface area contributed by atoms with Crippen molar-refractivity contribution in [2.75, 3.05) is 23.8 Å². The summed E-state index contributed by atoms with van der Waals surface area (Å²) < 4.78 is 1.93. The molecule has 98 valence electrons. The molecule has 0 radical (unpaired) electrons. The second kappa shape index (κ2) is 5.68. The number of aliphatic hydroxyl groups is 1. The van der Waals surface area contributed by atoms with Crippen molar-refractivity contribution in [3.05, 3.63) is 18.6 Å². The number of aromatic nitrogens is 3. The Bertz CT molecular complexity index is 510. The van der Waals surface area contributed by atoms with Crippen LogP contribution in [-0.2, 0) is 0 Å². The molecular formula is C12H19N5O. The minimum absolute atomic E-state index is 0.153. The molecule has 0 aliphatic carbocycles. The second-order valence-corrected chi connectivity index (χ2v) is 4.22. The average molecular weight is 249 g/mol. The van der Waals surface area contributed by atoms with E-state index < -0.39 is 0 Å². The maximum absolute atomic E-state index is 8.93. The predicted molar refractivity (Wildman–Crippen MR) is 71.9 cm³/mol. The zero-order valence-electron chi connectivity index (χ0n) is 10.7. The summed E-state index contributed by atoms with van der Waals surface area (Å²) >= 11 is 0. The first-order valence-electron chi connectivity index (χ1n) is 6.19. The van der Waals surface area contributed by atoms with E-state index in [-0.39, 0.29) is 12.6 Å². The lowest BCUT2D eigenvalue weighted by Crippen LogP contribution is -2.18. The first-order valence-corrected chi connectivity index (χ1v) is 6.19. The monoisotopic (exact) mass is 249 g/mol. The molecule has 0 fully saturated rings. The maximum atomic E-state index is 8.93. The molecule has 0 saturated heterocycles. The number of anilines is 2. The van der Waals surface area contributed by atoms with Gasteiger partial charge in [0.25, 0.3) is 0 Å². The Morgan fingerprint density at radius 3 is 3.06 bits per heavy atom. The normalized spacial score (nSPS) is 12.6. The third-order valence-electron chi connectivity index (χ3n) is 2.68. The van der Waals surface area contributed by atoms with Crippen molar-refractivity contribution in [1.29, 1.82) is 0 Å². The van der Waals surface area contributed by atoms with Crippen LogP contribution in [0, 0.1) is 0 Å². The highest BCUT2D eigenvalue weighted by Crippen LogP contribution is 2.17. The SMILES string of the molecule is CCNc1cn2ccnc2c(NC(C)CCO)n1. The number of hydrogen-bond donors (Lipinski definition) is 3. The van der Waals surface area contributed by atoms with Crippen LogP contribution in [0.1, 0.15) is 20.3 Å². The van der Waals surface area contributed by atoms with Crippen LogP contribution in [0.15, 0.2) is 18.6 Å². The highest BCUT2D eigenvalue weighted by Gasteiger charge is 2.09. The summed E-state index contributed by atoms with van der Waals surface area (Å²) in [6.07, 6.45) is 6.22. The van der Waals surface area contributed by atoms with E-state index in [2.05, 4.69) is 20.6 Å².